The Morgan fingerprint density at radius 3 is 2.84 bits per heavy atom. The number of fused-ring (bicyclic) bond motifs is 2. The maximum atomic E-state index is 4.71. The highest BCUT2D eigenvalue weighted by atomic mass is 15.3. The second kappa shape index (κ2) is 5.28. The molecule has 1 N–H and O–H groups in total. The van der Waals surface area contributed by atoms with Gasteiger partial charge in [0.05, 0.1) is 5.69 Å². The van der Waals surface area contributed by atoms with Gasteiger partial charge in [0.15, 0.2) is 0 Å². The minimum Gasteiger partial charge on any atom is -0.310 e. The van der Waals surface area contributed by atoms with E-state index in [9.17, 15) is 0 Å². The van der Waals surface area contributed by atoms with Gasteiger partial charge < -0.3 is 5.32 Å². The summed E-state index contributed by atoms with van der Waals surface area (Å²) >= 11 is 0. The number of nitrogens with zero attached hydrogens (tertiary/aromatic N) is 2. The zero-order chi connectivity index (χ0) is 13.4. The van der Waals surface area contributed by atoms with Crippen LogP contribution in [0.5, 0.6) is 0 Å². The lowest BCUT2D eigenvalue weighted by Crippen LogP contribution is -2.22. The van der Waals surface area contributed by atoms with Crippen LogP contribution in [0.3, 0.4) is 0 Å². The molecule has 19 heavy (non-hydrogen) atoms. The Labute approximate surface area is 116 Å². The molecule has 0 spiro atoms. The topological polar surface area (TPSA) is 29.9 Å². The monoisotopic (exact) mass is 261 g/mol. The van der Waals surface area contributed by atoms with E-state index in [1.165, 1.54) is 36.9 Å². The van der Waals surface area contributed by atoms with E-state index in [0.717, 1.165) is 30.8 Å². The smallest absolute Gasteiger partial charge is 0.0638 e. The van der Waals surface area contributed by atoms with Gasteiger partial charge in [-0.2, -0.15) is 5.10 Å². The molecule has 0 aliphatic heterocycles. The van der Waals surface area contributed by atoms with Gasteiger partial charge in [-0.3, -0.25) is 4.68 Å². The van der Waals surface area contributed by atoms with Gasteiger partial charge in [0, 0.05) is 30.9 Å². The van der Waals surface area contributed by atoms with Crippen LogP contribution in [0.1, 0.15) is 50.8 Å². The van der Waals surface area contributed by atoms with Crippen molar-refractivity contribution in [1.82, 2.24) is 15.1 Å². The summed E-state index contributed by atoms with van der Waals surface area (Å²) < 4.78 is 2.21. The summed E-state index contributed by atoms with van der Waals surface area (Å²) in [6.45, 7) is 8.60. The van der Waals surface area contributed by atoms with E-state index in [2.05, 4.69) is 37.0 Å². The summed E-state index contributed by atoms with van der Waals surface area (Å²) in [5.74, 6) is 2.92. The first-order valence-electron chi connectivity index (χ1n) is 7.88. The molecule has 2 fully saturated rings. The number of aromatic nitrogens is 2. The largest absolute Gasteiger partial charge is 0.310 e. The fraction of sp³-hybridized carbons (Fsp3) is 0.812. The van der Waals surface area contributed by atoms with Gasteiger partial charge in [0.2, 0.25) is 0 Å². The molecule has 1 heterocycles. The van der Waals surface area contributed by atoms with Crippen molar-refractivity contribution in [2.75, 3.05) is 0 Å². The quantitative estimate of drug-likeness (QED) is 0.882. The van der Waals surface area contributed by atoms with Gasteiger partial charge in [0.25, 0.3) is 0 Å². The normalized spacial score (nSPS) is 29.6. The van der Waals surface area contributed by atoms with Crippen LogP contribution in [0.25, 0.3) is 0 Å². The Bertz CT molecular complexity index is 435. The predicted molar refractivity (Wildman–Crippen MR) is 77.9 cm³/mol. The van der Waals surface area contributed by atoms with Crippen molar-refractivity contribution in [3.8, 4) is 0 Å². The fourth-order valence-corrected chi connectivity index (χ4v) is 3.98. The number of aryl methyl sites for hydroxylation is 1. The standard InChI is InChI=1S/C16H27N3/c1-11(2)17-8-16-10-19(18-12(16)3)9-15-7-13-4-5-14(15)6-13/h10-11,13-15,17H,4-9H2,1-3H3. The van der Waals surface area contributed by atoms with Crippen LogP contribution in [0.2, 0.25) is 0 Å². The molecule has 3 nitrogen and oxygen atoms in total. The molecule has 0 saturated heterocycles. The van der Waals surface area contributed by atoms with Crippen molar-refractivity contribution in [3.05, 3.63) is 17.5 Å². The molecule has 2 aliphatic carbocycles. The van der Waals surface area contributed by atoms with E-state index in [4.69, 9.17) is 5.10 Å². The Balaban J connectivity index is 1.61. The number of nitrogens with one attached hydrogen (secondary N) is 1. The Hall–Kier alpha value is -0.830. The van der Waals surface area contributed by atoms with Gasteiger partial charge in [-0.25, -0.2) is 0 Å². The van der Waals surface area contributed by atoms with Crippen molar-refractivity contribution in [2.45, 2.75) is 65.6 Å². The van der Waals surface area contributed by atoms with E-state index in [0.29, 0.717) is 6.04 Å². The van der Waals surface area contributed by atoms with E-state index in [-0.39, 0.29) is 0 Å². The van der Waals surface area contributed by atoms with Crippen molar-refractivity contribution >= 4 is 0 Å². The summed E-state index contributed by atoms with van der Waals surface area (Å²) in [6, 6.07) is 0.535. The highest BCUT2D eigenvalue weighted by Gasteiger charge is 2.39. The fourth-order valence-electron chi connectivity index (χ4n) is 3.98. The Morgan fingerprint density at radius 2 is 2.21 bits per heavy atom. The summed E-state index contributed by atoms with van der Waals surface area (Å²) in [5, 5.41) is 8.20. The first-order valence-corrected chi connectivity index (χ1v) is 7.88. The van der Waals surface area contributed by atoms with Crippen LogP contribution in [-0.2, 0) is 13.1 Å². The lowest BCUT2D eigenvalue weighted by molar-refractivity contribution is 0.285. The maximum Gasteiger partial charge on any atom is 0.0638 e. The second-order valence-electron chi connectivity index (χ2n) is 6.93. The molecule has 0 radical (unpaired) electrons. The van der Waals surface area contributed by atoms with Crippen LogP contribution in [0.15, 0.2) is 6.20 Å². The Morgan fingerprint density at radius 1 is 1.37 bits per heavy atom. The van der Waals surface area contributed by atoms with Gasteiger partial charge >= 0.3 is 0 Å². The average molecular weight is 261 g/mol. The minimum absolute atomic E-state index is 0.535. The molecule has 2 aliphatic rings. The van der Waals surface area contributed by atoms with Gasteiger partial charge in [-0.1, -0.05) is 20.3 Å². The summed E-state index contributed by atoms with van der Waals surface area (Å²) in [7, 11) is 0. The molecule has 1 aromatic rings. The van der Waals surface area contributed by atoms with E-state index >= 15 is 0 Å². The molecule has 2 bridgehead atoms. The highest BCUT2D eigenvalue weighted by Crippen LogP contribution is 2.48. The first kappa shape index (κ1) is 13.2. The molecular weight excluding hydrogens is 234 g/mol. The third-order valence-corrected chi connectivity index (χ3v) is 5.05. The van der Waals surface area contributed by atoms with E-state index in [1.54, 1.807) is 0 Å². The minimum atomic E-state index is 0.535. The third kappa shape index (κ3) is 2.86. The van der Waals surface area contributed by atoms with Crippen LogP contribution in [0, 0.1) is 24.7 Å². The van der Waals surface area contributed by atoms with Gasteiger partial charge in [-0.05, 0) is 43.9 Å². The summed E-state index contributed by atoms with van der Waals surface area (Å²) in [6.07, 6.45) is 8.16. The van der Waals surface area contributed by atoms with Crippen LogP contribution in [-0.4, -0.2) is 15.8 Å². The third-order valence-electron chi connectivity index (χ3n) is 5.05. The molecule has 3 rings (SSSR count). The number of hydrogen-bond donors (Lipinski definition) is 1. The van der Waals surface area contributed by atoms with E-state index < -0.39 is 0 Å². The van der Waals surface area contributed by atoms with Crippen molar-refractivity contribution in [1.29, 1.82) is 0 Å². The van der Waals surface area contributed by atoms with Gasteiger partial charge in [0.1, 0.15) is 0 Å². The van der Waals surface area contributed by atoms with Crippen LogP contribution >= 0.6 is 0 Å². The van der Waals surface area contributed by atoms with E-state index in [1.807, 2.05) is 0 Å². The molecule has 106 valence electrons. The predicted octanol–water partition coefficient (Wildman–Crippen LogP) is 3.13. The number of rotatable bonds is 5. The zero-order valence-corrected chi connectivity index (χ0v) is 12.5. The zero-order valence-electron chi connectivity index (χ0n) is 12.5. The van der Waals surface area contributed by atoms with Crippen LogP contribution < -0.4 is 5.32 Å². The molecule has 2 saturated carbocycles. The molecule has 0 aromatic carbocycles. The second-order valence-corrected chi connectivity index (χ2v) is 6.93. The molecule has 3 atom stereocenters. The molecule has 3 heteroatoms. The molecule has 3 unspecified atom stereocenters. The van der Waals surface area contributed by atoms with Gasteiger partial charge in [-0.15, -0.1) is 0 Å². The van der Waals surface area contributed by atoms with Crippen molar-refractivity contribution in [2.24, 2.45) is 17.8 Å². The van der Waals surface area contributed by atoms with Crippen LogP contribution in [0.4, 0.5) is 0 Å². The molecule has 1 aromatic heterocycles. The highest BCUT2D eigenvalue weighted by molar-refractivity contribution is 5.15. The lowest BCUT2D eigenvalue weighted by atomic mass is 9.89. The maximum absolute atomic E-state index is 4.71. The lowest BCUT2D eigenvalue weighted by Gasteiger charge is -2.21. The Kier molecular flexibility index (Phi) is 3.66. The van der Waals surface area contributed by atoms with Crippen molar-refractivity contribution in [3.63, 3.8) is 0 Å². The number of hydrogen-bond acceptors (Lipinski definition) is 2. The summed E-state index contributed by atoms with van der Waals surface area (Å²) in [4.78, 5) is 0. The molecular formula is C16H27N3. The average Bonchev–Trinajstić information content (AvgIpc) is 3.02. The SMILES string of the molecule is Cc1nn(CC2CC3CCC2C3)cc1CNC(C)C. The first-order chi connectivity index (χ1) is 9.11. The molecule has 0 amide bonds. The summed E-state index contributed by atoms with van der Waals surface area (Å²) in [5.41, 5.74) is 2.55. The van der Waals surface area contributed by atoms with Crippen molar-refractivity contribution < 1.29 is 0 Å².